The van der Waals surface area contributed by atoms with Gasteiger partial charge in [0.05, 0.1) is 0 Å². The number of hydrogen-bond donors (Lipinski definition) is 5. The van der Waals surface area contributed by atoms with E-state index in [0.29, 0.717) is 12.8 Å². The molecule has 2 rings (SSSR count). The van der Waals surface area contributed by atoms with Crippen molar-refractivity contribution >= 4 is 11.8 Å². The molecule has 0 bridgehead atoms. The first-order chi connectivity index (χ1) is 15.3. The van der Waals surface area contributed by atoms with Crippen LogP contribution in [0.2, 0.25) is 0 Å². The molecule has 3 atom stereocenters. The summed E-state index contributed by atoms with van der Waals surface area (Å²) in [7, 11) is 0. The van der Waals surface area contributed by atoms with Crippen molar-refractivity contribution in [3.63, 3.8) is 0 Å². The van der Waals surface area contributed by atoms with Gasteiger partial charge in [-0.05, 0) is 48.6 Å². The van der Waals surface area contributed by atoms with E-state index in [0.717, 1.165) is 23.8 Å². The molecular weight excluding hydrogens is 418 g/mol. The molecule has 3 unspecified atom stereocenters. The number of carbonyl (C=O) groups excluding carboxylic acids is 2. The third-order valence-electron chi connectivity index (χ3n) is 4.90. The lowest BCUT2D eigenvalue weighted by Gasteiger charge is -2.18. The Kier molecular flexibility index (Phi) is 10.2. The maximum absolute atomic E-state index is 13.7. The Hall–Kier alpha value is -2.88. The highest BCUT2D eigenvalue weighted by Gasteiger charge is 2.22. The van der Waals surface area contributed by atoms with Gasteiger partial charge in [-0.25, -0.2) is 8.78 Å². The van der Waals surface area contributed by atoms with E-state index in [1.165, 1.54) is 0 Å². The Balaban J connectivity index is 1.61. The second-order valence-electron chi connectivity index (χ2n) is 7.70. The minimum absolute atomic E-state index is 0.0359. The van der Waals surface area contributed by atoms with E-state index in [1.807, 2.05) is 30.3 Å². The van der Waals surface area contributed by atoms with Gasteiger partial charge in [-0.1, -0.05) is 30.3 Å². The fraction of sp³-hybridized carbons (Fsp3) is 0.391. The molecule has 0 aliphatic heterocycles. The number of nitrogens with one attached hydrogen (secondary N) is 2. The lowest BCUT2D eigenvalue weighted by atomic mass is 10.0. The van der Waals surface area contributed by atoms with Crippen molar-refractivity contribution in [2.75, 3.05) is 13.1 Å². The molecule has 174 valence electrons. The number of nitrogens with two attached hydrogens (primary N) is 2. The van der Waals surface area contributed by atoms with Crippen molar-refractivity contribution in [3.05, 3.63) is 71.3 Å². The second kappa shape index (κ2) is 12.8. The van der Waals surface area contributed by atoms with Crippen LogP contribution in [0.3, 0.4) is 0 Å². The Morgan fingerprint density at radius 1 is 0.969 bits per heavy atom. The van der Waals surface area contributed by atoms with Crippen LogP contribution in [-0.4, -0.2) is 48.2 Å². The number of hydrogen-bond acceptors (Lipinski definition) is 5. The largest absolute Gasteiger partial charge is 0.382 e. The average Bonchev–Trinajstić information content (AvgIpc) is 2.76. The monoisotopic (exact) mass is 448 g/mol. The molecule has 2 amide bonds. The Labute approximate surface area is 186 Å². The van der Waals surface area contributed by atoms with E-state index in [1.54, 1.807) is 0 Å². The summed E-state index contributed by atoms with van der Waals surface area (Å²) in [5.74, 6) is -2.03. The lowest BCUT2D eigenvalue weighted by Crippen LogP contribution is -2.47. The highest BCUT2D eigenvalue weighted by Crippen LogP contribution is 2.12. The molecular formula is C23H30F2N4O3. The van der Waals surface area contributed by atoms with Gasteiger partial charge in [0.2, 0.25) is 11.8 Å². The molecule has 0 aliphatic rings. The van der Waals surface area contributed by atoms with Gasteiger partial charge in [-0.2, -0.15) is 0 Å². The summed E-state index contributed by atoms with van der Waals surface area (Å²) in [6.07, 6.45) is -0.549. The van der Waals surface area contributed by atoms with Gasteiger partial charge in [0.25, 0.3) is 0 Å². The maximum atomic E-state index is 13.7. The molecule has 0 saturated heterocycles. The summed E-state index contributed by atoms with van der Waals surface area (Å²) in [4.78, 5) is 24.0. The van der Waals surface area contributed by atoms with Crippen LogP contribution in [0, 0.1) is 11.6 Å². The van der Waals surface area contributed by atoms with Crippen LogP contribution in [-0.2, 0) is 22.4 Å². The van der Waals surface area contributed by atoms with Gasteiger partial charge >= 0.3 is 0 Å². The van der Waals surface area contributed by atoms with Gasteiger partial charge in [-0.3, -0.25) is 9.59 Å². The zero-order chi connectivity index (χ0) is 23.5. The average molecular weight is 449 g/mol. The van der Waals surface area contributed by atoms with E-state index in [2.05, 4.69) is 10.6 Å². The van der Waals surface area contributed by atoms with E-state index in [9.17, 15) is 23.5 Å². The molecule has 0 fully saturated rings. The van der Waals surface area contributed by atoms with Crippen LogP contribution in [0.25, 0.3) is 0 Å². The lowest BCUT2D eigenvalue weighted by molar-refractivity contribution is -0.130. The van der Waals surface area contributed by atoms with E-state index >= 15 is 0 Å². The fourth-order valence-corrected chi connectivity index (χ4v) is 3.19. The number of benzene rings is 2. The second-order valence-corrected chi connectivity index (χ2v) is 7.70. The number of rotatable bonds is 12. The molecule has 0 radical (unpaired) electrons. The number of halogens is 2. The third kappa shape index (κ3) is 8.70. The predicted octanol–water partition coefficient (Wildman–Crippen LogP) is 0.778. The van der Waals surface area contributed by atoms with Gasteiger partial charge in [0.1, 0.15) is 17.7 Å². The highest BCUT2D eigenvalue weighted by atomic mass is 19.1. The van der Waals surface area contributed by atoms with Crippen molar-refractivity contribution in [2.45, 2.75) is 43.9 Å². The summed E-state index contributed by atoms with van der Waals surface area (Å²) in [6, 6.07) is 11.0. The number of amides is 2. The molecule has 2 aromatic carbocycles. The SMILES string of the molecule is NC(CC(=O)NCCCNC(=O)C(O)C(N)Cc1ccccc1)Cc1cc(F)ccc1F. The minimum atomic E-state index is -1.34. The quantitative estimate of drug-likeness (QED) is 0.306. The molecule has 0 saturated carbocycles. The number of carbonyl (C=O) groups is 2. The zero-order valence-corrected chi connectivity index (χ0v) is 17.8. The summed E-state index contributed by atoms with van der Waals surface area (Å²) < 4.78 is 26.9. The van der Waals surface area contributed by atoms with Gasteiger partial charge in [0, 0.05) is 31.6 Å². The Morgan fingerprint density at radius 2 is 1.66 bits per heavy atom. The zero-order valence-electron chi connectivity index (χ0n) is 17.8. The topological polar surface area (TPSA) is 130 Å². The Bertz CT molecular complexity index is 883. The van der Waals surface area contributed by atoms with E-state index in [4.69, 9.17) is 11.5 Å². The molecule has 7 N–H and O–H groups in total. The third-order valence-corrected chi connectivity index (χ3v) is 4.90. The maximum Gasteiger partial charge on any atom is 0.250 e. The highest BCUT2D eigenvalue weighted by molar-refractivity contribution is 5.81. The molecule has 9 heteroatoms. The molecule has 0 heterocycles. The van der Waals surface area contributed by atoms with Crippen molar-refractivity contribution in [1.82, 2.24) is 10.6 Å². The van der Waals surface area contributed by atoms with E-state index in [-0.39, 0.29) is 37.4 Å². The van der Waals surface area contributed by atoms with Crippen LogP contribution in [0.1, 0.15) is 24.0 Å². The van der Waals surface area contributed by atoms with Crippen molar-refractivity contribution < 1.29 is 23.5 Å². The van der Waals surface area contributed by atoms with Gasteiger partial charge < -0.3 is 27.2 Å². The van der Waals surface area contributed by atoms with Crippen LogP contribution in [0.4, 0.5) is 8.78 Å². The molecule has 0 aliphatic carbocycles. The standard InChI is InChI=1S/C23H30F2N4O3/c24-17-7-8-19(25)16(12-17)13-18(26)14-21(30)28-9-4-10-29-23(32)22(31)20(27)11-15-5-2-1-3-6-15/h1-3,5-8,12,18,20,22,31H,4,9-11,13-14,26-27H2,(H,28,30)(H,29,32). The van der Waals surface area contributed by atoms with Crippen LogP contribution in [0.5, 0.6) is 0 Å². The molecule has 2 aromatic rings. The molecule has 32 heavy (non-hydrogen) atoms. The minimum Gasteiger partial charge on any atom is -0.382 e. The number of aliphatic hydroxyl groups excluding tert-OH is 1. The number of aliphatic hydroxyl groups is 1. The first-order valence-corrected chi connectivity index (χ1v) is 10.5. The van der Waals surface area contributed by atoms with Crippen LogP contribution >= 0.6 is 0 Å². The molecule has 7 nitrogen and oxygen atoms in total. The summed E-state index contributed by atoms with van der Waals surface area (Å²) >= 11 is 0. The summed E-state index contributed by atoms with van der Waals surface area (Å²) in [5, 5.41) is 15.3. The molecule has 0 aromatic heterocycles. The van der Waals surface area contributed by atoms with Crippen molar-refractivity contribution in [3.8, 4) is 0 Å². The molecule has 0 spiro atoms. The first kappa shape index (κ1) is 25.4. The van der Waals surface area contributed by atoms with Crippen LogP contribution in [0.15, 0.2) is 48.5 Å². The summed E-state index contributed by atoms with van der Waals surface area (Å²) in [5.41, 5.74) is 12.8. The Morgan fingerprint density at radius 3 is 2.38 bits per heavy atom. The fourth-order valence-electron chi connectivity index (χ4n) is 3.19. The van der Waals surface area contributed by atoms with Crippen molar-refractivity contribution in [1.29, 1.82) is 0 Å². The first-order valence-electron chi connectivity index (χ1n) is 10.5. The predicted molar refractivity (Wildman–Crippen MR) is 117 cm³/mol. The van der Waals surface area contributed by atoms with Gasteiger partial charge in [0.15, 0.2) is 0 Å². The normalized spacial score (nSPS) is 13.8. The van der Waals surface area contributed by atoms with Gasteiger partial charge in [-0.15, -0.1) is 0 Å². The smallest absolute Gasteiger partial charge is 0.250 e. The van der Waals surface area contributed by atoms with E-state index < -0.39 is 35.7 Å². The summed E-state index contributed by atoms with van der Waals surface area (Å²) in [6.45, 7) is 0.529. The van der Waals surface area contributed by atoms with Crippen LogP contribution < -0.4 is 22.1 Å². The van der Waals surface area contributed by atoms with Crippen molar-refractivity contribution in [2.24, 2.45) is 11.5 Å².